The van der Waals surface area contributed by atoms with Crippen molar-refractivity contribution in [3.05, 3.63) is 108 Å². The third kappa shape index (κ3) is 2.81. The van der Waals surface area contributed by atoms with E-state index in [1.54, 1.807) is 0 Å². The van der Waals surface area contributed by atoms with Crippen molar-refractivity contribution in [2.24, 2.45) is 0 Å². The fourth-order valence-corrected chi connectivity index (χ4v) is 6.21. The van der Waals surface area contributed by atoms with Crippen molar-refractivity contribution < 1.29 is 0 Å². The Bertz CT molecular complexity index is 1590. The summed E-state index contributed by atoms with van der Waals surface area (Å²) in [6.07, 6.45) is 0. The highest BCUT2D eigenvalue weighted by Gasteiger charge is 2.18. The van der Waals surface area contributed by atoms with E-state index in [0.29, 0.717) is 0 Å². The lowest BCUT2D eigenvalue weighted by atomic mass is 9.86. The molecule has 0 spiro atoms. The largest absolute Gasteiger partial charge is 0.135 e. The van der Waals surface area contributed by atoms with E-state index in [-0.39, 0.29) is 0 Å². The van der Waals surface area contributed by atoms with Crippen molar-refractivity contribution in [1.82, 2.24) is 0 Å². The van der Waals surface area contributed by atoms with Gasteiger partial charge in [-0.05, 0) is 58.5 Å². The van der Waals surface area contributed by atoms with E-state index in [0.717, 1.165) is 0 Å². The summed E-state index contributed by atoms with van der Waals surface area (Å²) >= 11 is 1.92. The molecule has 5 aromatic carbocycles. The van der Waals surface area contributed by atoms with Gasteiger partial charge in [0.25, 0.3) is 0 Å². The molecule has 6 aromatic rings. The first kappa shape index (κ1) is 18.4. The highest BCUT2D eigenvalue weighted by molar-refractivity contribution is 7.26. The Morgan fingerprint density at radius 2 is 1.19 bits per heavy atom. The lowest BCUT2D eigenvalue weighted by molar-refractivity contribution is 1.45. The van der Waals surface area contributed by atoms with Gasteiger partial charge in [-0.1, -0.05) is 91.0 Å². The molecule has 0 atom stereocenters. The van der Waals surface area contributed by atoms with Gasteiger partial charge in [0, 0.05) is 25.7 Å². The zero-order valence-electron chi connectivity index (χ0n) is 17.6. The van der Waals surface area contributed by atoms with Crippen LogP contribution in [0.3, 0.4) is 0 Å². The van der Waals surface area contributed by atoms with Crippen molar-refractivity contribution in [3.8, 4) is 22.3 Å². The zero-order chi connectivity index (χ0) is 20.9. The molecule has 0 amide bonds. The fraction of sp³-hybridized carbons (Fsp3) is 0.0667. The van der Waals surface area contributed by atoms with E-state index in [1.165, 1.54) is 64.3 Å². The molecule has 148 valence electrons. The van der Waals surface area contributed by atoms with Crippen molar-refractivity contribution >= 4 is 42.3 Å². The third-order valence-electron chi connectivity index (χ3n) is 6.33. The third-order valence-corrected chi connectivity index (χ3v) is 7.54. The second-order valence-corrected chi connectivity index (χ2v) is 9.31. The molecule has 0 unspecified atom stereocenters. The normalized spacial score (nSPS) is 11.5. The molecule has 0 radical (unpaired) electrons. The summed E-state index contributed by atoms with van der Waals surface area (Å²) in [4.78, 5) is 0. The van der Waals surface area contributed by atoms with Gasteiger partial charge in [0.2, 0.25) is 0 Å². The van der Waals surface area contributed by atoms with Crippen LogP contribution in [0.2, 0.25) is 0 Å². The summed E-state index contributed by atoms with van der Waals surface area (Å²) in [6.45, 7) is 4.51. The number of aryl methyl sites for hydroxylation is 2. The number of hydrogen-bond donors (Lipinski definition) is 0. The lowest BCUT2D eigenvalue weighted by Gasteiger charge is -2.18. The van der Waals surface area contributed by atoms with Crippen LogP contribution in [0.4, 0.5) is 0 Å². The van der Waals surface area contributed by atoms with Crippen LogP contribution in [-0.4, -0.2) is 0 Å². The van der Waals surface area contributed by atoms with Crippen LogP contribution in [0, 0.1) is 13.8 Å². The van der Waals surface area contributed by atoms with Crippen LogP contribution in [0.5, 0.6) is 0 Å². The van der Waals surface area contributed by atoms with Crippen LogP contribution in [0.25, 0.3) is 53.2 Å². The molecule has 1 aromatic heterocycles. The Morgan fingerprint density at radius 3 is 2.00 bits per heavy atom. The second kappa shape index (κ2) is 7.08. The fourth-order valence-electron chi connectivity index (χ4n) is 4.90. The van der Waals surface area contributed by atoms with Gasteiger partial charge < -0.3 is 0 Å². The van der Waals surface area contributed by atoms with Crippen molar-refractivity contribution in [1.29, 1.82) is 0 Å². The minimum atomic E-state index is 1.27. The topological polar surface area (TPSA) is 0 Å². The summed E-state index contributed by atoms with van der Waals surface area (Å²) in [6, 6.07) is 35.3. The van der Waals surface area contributed by atoms with Crippen LogP contribution >= 0.6 is 11.3 Å². The zero-order valence-corrected chi connectivity index (χ0v) is 18.5. The predicted octanol–water partition coefficient (Wildman–Crippen LogP) is 9.16. The highest BCUT2D eigenvalue weighted by atomic mass is 32.1. The first-order valence-electron chi connectivity index (χ1n) is 10.7. The maximum atomic E-state index is 2.37. The predicted molar refractivity (Wildman–Crippen MR) is 137 cm³/mol. The Kier molecular flexibility index (Phi) is 4.19. The Balaban J connectivity index is 1.75. The summed E-state index contributed by atoms with van der Waals surface area (Å²) < 4.78 is 2.74. The molecule has 0 aliphatic heterocycles. The van der Waals surface area contributed by atoms with Gasteiger partial charge in [-0.15, -0.1) is 11.3 Å². The van der Waals surface area contributed by atoms with Gasteiger partial charge in [-0.25, -0.2) is 0 Å². The number of benzene rings is 5. The molecule has 0 fully saturated rings. The van der Waals surface area contributed by atoms with Crippen LogP contribution in [0.1, 0.15) is 11.1 Å². The molecule has 31 heavy (non-hydrogen) atoms. The molecule has 0 aliphatic carbocycles. The van der Waals surface area contributed by atoms with Crippen LogP contribution in [0.15, 0.2) is 97.1 Å². The molecular formula is C30H22S. The highest BCUT2D eigenvalue weighted by Crippen LogP contribution is 2.46. The molecule has 1 heteroatoms. The van der Waals surface area contributed by atoms with E-state index in [2.05, 4.69) is 111 Å². The average Bonchev–Trinajstić information content (AvgIpc) is 3.19. The second-order valence-electron chi connectivity index (χ2n) is 8.26. The SMILES string of the molecule is Cc1cc(-c2ccccc2)c2ccccc2c1-c1c(C)ccc2c1sc1ccccc12. The van der Waals surface area contributed by atoms with Gasteiger partial charge in [-0.2, -0.15) is 0 Å². The number of hydrogen-bond acceptors (Lipinski definition) is 1. The average molecular weight is 415 g/mol. The van der Waals surface area contributed by atoms with Gasteiger partial charge in [-0.3, -0.25) is 0 Å². The minimum Gasteiger partial charge on any atom is -0.135 e. The minimum absolute atomic E-state index is 1.27. The van der Waals surface area contributed by atoms with Gasteiger partial charge in [0.1, 0.15) is 0 Å². The first-order chi connectivity index (χ1) is 15.2. The summed E-state index contributed by atoms with van der Waals surface area (Å²) in [5.74, 6) is 0. The summed E-state index contributed by atoms with van der Waals surface area (Å²) in [5.41, 5.74) is 7.98. The first-order valence-corrected chi connectivity index (χ1v) is 11.5. The summed E-state index contributed by atoms with van der Waals surface area (Å²) in [7, 11) is 0. The molecule has 0 aliphatic rings. The number of rotatable bonds is 2. The summed E-state index contributed by atoms with van der Waals surface area (Å²) in [5, 5.41) is 5.35. The lowest BCUT2D eigenvalue weighted by Crippen LogP contribution is -1.92. The standard InChI is InChI=1S/C30H22S/c1-19-16-17-25-23-13-8-9-15-27(23)31-30(25)29(19)28-20(2)18-26(21-10-4-3-5-11-21)22-12-6-7-14-24(22)28/h3-18H,1-2H3. The van der Waals surface area contributed by atoms with E-state index in [9.17, 15) is 0 Å². The molecule has 0 saturated carbocycles. The molecular weight excluding hydrogens is 392 g/mol. The van der Waals surface area contributed by atoms with E-state index < -0.39 is 0 Å². The molecule has 0 bridgehead atoms. The molecule has 0 nitrogen and oxygen atoms in total. The van der Waals surface area contributed by atoms with E-state index >= 15 is 0 Å². The van der Waals surface area contributed by atoms with Crippen LogP contribution in [-0.2, 0) is 0 Å². The monoisotopic (exact) mass is 414 g/mol. The Morgan fingerprint density at radius 1 is 0.516 bits per heavy atom. The molecule has 6 rings (SSSR count). The van der Waals surface area contributed by atoms with E-state index in [1.807, 2.05) is 11.3 Å². The molecule has 0 N–H and O–H groups in total. The maximum Gasteiger partial charge on any atom is 0.0436 e. The number of fused-ring (bicyclic) bond motifs is 4. The quantitative estimate of drug-likeness (QED) is 0.265. The van der Waals surface area contributed by atoms with Gasteiger partial charge in [0.15, 0.2) is 0 Å². The Hall–Kier alpha value is -3.42. The maximum absolute atomic E-state index is 2.37. The number of thiophene rings is 1. The van der Waals surface area contributed by atoms with Crippen LogP contribution < -0.4 is 0 Å². The molecule has 1 heterocycles. The molecule has 0 saturated heterocycles. The van der Waals surface area contributed by atoms with E-state index in [4.69, 9.17) is 0 Å². The smallest absolute Gasteiger partial charge is 0.0436 e. The van der Waals surface area contributed by atoms with Crippen molar-refractivity contribution in [2.75, 3.05) is 0 Å². The Labute approximate surface area is 186 Å². The van der Waals surface area contributed by atoms with Crippen molar-refractivity contribution in [2.45, 2.75) is 13.8 Å². The van der Waals surface area contributed by atoms with Crippen molar-refractivity contribution in [3.63, 3.8) is 0 Å². The van der Waals surface area contributed by atoms with Gasteiger partial charge >= 0.3 is 0 Å². The van der Waals surface area contributed by atoms with Gasteiger partial charge in [0.05, 0.1) is 0 Å².